The molecule has 1 N–H and O–H groups in total. The van der Waals surface area contributed by atoms with Crippen LogP contribution in [-0.4, -0.2) is 15.3 Å². The standard InChI is InChI=1S/C7H8O2S.C2H6/c8-6-10(9)7-4-2-1-3-5-7;1-2/h1-5,8H,6H2;1-2H3. The highest BCUT2D eigenvalue weighted by molar-refractivity contribution is 7.84. The van der Waals surface area contributed by atoms with Gasteiger partial charge < -0.3 is 5.11 Å². The Labute approximate surface area is 75.7 Å². The summed E-state index contributed by atoms with van der Waals surface area (Å²) in [5, 5.41) is 8.49. The lowest BCUT2D eigenvalue weighted by Crippen LogP contribution is -1.94. The highest BCUT2D eigenvalue weighted by Crippen LogP contribution is 2.03. The van der Waals surface area contributed by atoms with Gasteiger partial charge in [-0.15, -0.1) is 0 Å². The molecule has 0 aromatic heterocycles. The summed E-state index contributed by atoms with van der Waals surface area (Å²) in [6.45, 7) is 4.00. The van der Waals surface area contributed by atoms with Crippen LogP contribution in [0, 0.1) is 0 Å². The third kappa shape index (κ3) is 3.64. The van der Waals surface area contributed by atoms with Crippen LogP contribution in [0.4, 0.5) is 0 Å². The lowest BCUT2D eigenvalue weighted by molar-refractivity contribution is 0.368. The largest absolute Gasteiger partial charge is 0.383 e. The van der Waals surface area contributed by atoms with Crippen LogP contribution in [0.1, 0.15) is 13.8 Å². The average molecular weight is 186 g/mol. The maximum absolute atomic E-state index is 10.9. The fraction of sp³-hybridized carbons (Fsp3) is 0.333. The van der Waals surface area contributed by atoms with Gasteiger partial charge in [0.15, 0.2) is 0 Å². The first-order chi connectivity index (χ1) is 5.84. The normalized spacial score (nSPS) is 11.2. The number of aliphatic hydroxyl groups excluding tert-OH is 1. The summed E-state index contributed by atoms with van der Waals surface area (Å²) in [6.07, 6.45) is 0. The van der Waals surface area contributed by atoms with Crippen molar-refractivity contribution in [3.05, 3.63) is 30.3 Å². The van der Waals surface area contributed by atoms with Crippen LogP contribution in [0.3, 0.4) is 0 Å². The van der Waals surface area contributed by atoms with Crippen LogP contribution >= 0.6 is 0 Å². The number of hydrogen-bond donors (Lipinski definition) is 1. The highest BCUT2D eigenvalue weighted by Gasteiger charge is 1.97. The molecular weight excluding hydrogens is 172 g/mol. The number of hydrogen-bond acceptors (Lipinski definition) is 2. The quantitative estimate of drug-likeness (QED) is 0.764. The number of aliphatic hydroxyl groups is 1. The second-order valence-corrected chi connectivity index (χ2v) is 3.21. The van der Waals surface area contributed by atoms with Crippen molar-refractivity contribution in [2.45, 2.75) is 18.7 Å². The van der Waals surface area contributed by atoms with Gasteiger partial charge in [-0.3, -0.25) is 4.21 Å². The smallest absolute Gasteiger partial charge is 0.123 e. The summed E-state index contributed by atoms with van der Waals surface area (Å²) in [4.78, 5) is 0.671. The van der Waals surface area contributed by atoms with Gasteiger partial charge in [0.05, 0.1) is 10.8 Å². The molecule has 0 spiro atoms. The zero-order valence-corrected chi connectivity index (χ0v) is 8.17. The molecule has 0 aliphatic heterocycles. The van der Waals surface area contributed by atoms with Crippen molar-refractivity contribution in [3.8, 4) is 0 Å². The van der Waals surface area contributed by atoms with Gasteiger partial charge in [0.1, 0.15) is 5.94 Å². The van der Waals surface area contributed by atoms with Gasteiger partial charge in [0.25, 0.3) is 0 Å². The first-order valence-corrected chi connectivity index (χ1v) is 5.21. The Kier molecular flexibility index (Phi) is 6.61. The zero-order valence-electron chi connectivity index (χ0n) is 7.36. The SMILES string of the molecule is CC.O=S(CO)c1ccccc1. The zero-order chi connectivity index (χ0) is 9.40. The Balaban J connectivity index is 0.000000561. The van der Waals surface area contributed by atoms with Crippen LogP contribution in [0.15, 0.2) is 35.2 Å². The molecule has 1 aromatic rings. The molecular formula is C9H14O2S. The van der Waals surface area contributed by atoms with Gasteiger partial charge in [-0.1, -0.05) is 32.0 Å². The van der Waals surface area contributed by atoms with E-state index in [0.717, 1.165) is 0 Å². The number of rotatable bonds is 2. The molecule has 0 saturated carbocycles. The molecule has 1 rings (SSSR count). The van der Waals surface area contributed by atoms with Crippen LogP contribution in [0.5, 0.6) is 0 Å². The van der Waals surface area contributed by atoms with E-state index >= 15 is 0 Å². The third-order valence-electron chi connectivity index (χ3n) is 1.12. The molecule has 0 aliphatic rings. The first kappa shape index (κ1) is 11.3. The fourth-order valence-corrected chi connectivity index (χ4v) is 1.26. The summed E-state index contributed by atoms with van der Waals surface area (Å²) < 4.78 is 10.9. The Hall–Kier alpha value is -0.670. The minimum absolute atomic E-state index is 0.302. The molecule has 0 radical (unpaired) electrons. The lowest BCUT2D eigenvalue weighted by atomic mass is 10.4. The minimum atomic E-state index is -1.23. The molecule has 2 nitrogen and oxygen atoms in total. The molecule has 1 aromatic carbocycles. The van der Waals surface area contributed by atoms with Crippen LogP contribution in [0.25, 0.3) is 0 Å². The van der Waals surface area contributed by atoms with E-state index < -0.39 is 10.8 Å². The predicted octanol–water partition coefficient (Wildman–Crippen LogP) is 1.77. The van der Waals surface area contributed by atoms with Crippen molar-refractivity contribution >= 4 is 10.8 Å². The van der Waals surface area contributed by atoms with E-state index in [1.54, 1.807) is 24.3 Å². The van der Waals surface area contributed by atoms with Crippen LogP contribution in [0.2, 0.25) is 0 Å². The summed E-state index contributed by atoms with van der Waals surface area (Å²) in [6, 6.07) is 8.89. The molecule has 0 heterocycles. The lowest BCUT2D eigenvalue weighted by Gasteiger charge is -1.94. The monoisotopic (exact) mass is 186 g/mol. The van der Waals surface area contributed by atoms with Gasteiger partial charge in [-0.25, -0.2) is 0 Å². The van der Waals surface area contributed by atoms with E-state index in [1.165, 1.54) is 0 Å². The third-order valence-corrected chi connectivity index (χ3v) is 2.16. The van der Waals surface area contributed by atoms with Crippen molar-refractivity contribution < 1.29 is 9.32 Å². The molecule has 1 atom stereocenters. The van der Waals surface area contributed by atoms with Crippen molar-refractivity contribution in [3.63, 3.8) is 0 Å². The van der Waals surface area contributed by atoms with Crippen molar-refractivity contribution in [2.75, 3.05) is 5.94 Å². The van der Waals surface area contributed by atoms with Crippen LogP contribution < -0.4 is 0 Å². The average Bonchev–Trinajstić information content (AvgIpc) is 2.21. The Morgan fingerprint density at radius 2 is 1.75 bits per heavy atom. The van der Waals surface area contributed by atoms with Crippen molar-refractivity contribution in [1.82, 2.24) is 0 Å². The second kappa shape index (κ2) is 7.00. The number of benzene rings is 1. The Bertz CT molecular complexity index is 221. The van der Waals surface area contributed by atoms with Gasteiger partial charge in [0, 0.05) is 4.90 Å². The molecule has 0 amide bonds. The topological polar surface area (TPSA) is 37.3 Å². The van der Waals surface area contributed by atoms with Crippen molar-refractivity contribution in [1.29, 1.82) is 0 Å². The fourth-order valence-electron chi connectivity index (χ4n) is 0.647. The molecule has 0 bridgehead atoms. The van der Waals surface area contributed by atoms with Gasteiger partial charge in [0.2, 0.25) is 0 Å². The van der Waals surface area contributed by atoms with E-state index in [2.05, 4.69) is 0 Å². The Morgan fingerprint density at radius 3 is 2.17 bits per heavy atom. The predicted molar refractivity (Wildman–Crippen MR) is 51.3 cm³/mol. The van der Waals surface area contributed by atoms with E-state index in [0.29, 0.717) is 4.90 Å². The summed E-state index contributed by atoms with van der Waals surface area (Å²) in [5.74, 6) is -0.302. The molecule has 12 heavy (non-hydrogen) atoms. The van der Waals surface area contributed by atoms with E-state index in [9.17, 15) is 4.21 Å². The molecule has 0 fully saturated rings. The van der Waals surface area contributed by atoms with E-state index in [4.69, 9.17) is 5.11 Å². The Morgan fingerprint density at radius 1 is 1.25 bits per heavy atom. The maximum atomic E-state index is 10.9. The first-order valence-electron chi connectivity index (χ1n) is 3.89. The van der Waals surface area contributed by atoms with Gasteiger partial charge in [-0.05, 0) is 12.1 Å². The van der Waals surface area contributed by atoms with Crippen molar-refractivity contribution in [2.24, 2.45) is 0 Å². The summed E-state index contributed by atoms with van der Waals surface area (Å²) in [5.41, 5.74) is 0. The minimum Gasteiger partial charge on any atom is -0.383 e. The van der Waals surface area contributed by atoms with Gasteiger partial charge >= 0.3 is 0 Å². The molecule has 0 saturated heterocycles. The summed E-state index contributed by atoms with van der Waals surface area (Å²) >= 11 is 0. The molecule has 1 unspecified atom stereocenters. The summed E-state index contributed by atoms with van der Waals surface area (Å²) in [7, 11) is -1.23. The van der Waals surface area contributed by atoms with E-state index in [-0.39, 0.29) is 5.94 Å². The van der Waals surface area contributed by atoms with E-state index in [1.807, 2.05) is 19.9 Å². The second-order valence-electron chi connectivity index (χ2n) is 1.79. The maximum Gasteiger partial charge on any atom is 0.123 e. The van der Waals surface area contributed by atoms with Crippen LogP contribution in [-0.2, 0) is 10.8 Å². The molecule has 68 valence electrons. The molecule has 0 aliphatic carbocycles. The highest BCUT2D eigenvalue weighted by atomic mass is 32.2. The van der Waals surface area contributed by atoms with Gasteiger partial charge in [-0.2, -0.15) is 0 Å². The molecule has 3 heteroatoms.